The van der Waals surface area contributed by atoms with Crippen LogP contribution < -0.4 is 14.8 Å². The maximum Gasteiger partial charge on any atom is 0.313 e. The highest BCUT2D eigenvalue weighted by Gasteiger charge is 2.14. The number of nitrogens with one attached hydrogen (secondary N) is 1. The Morgan fingerprint density at radius 3 is 2.59 bits per heavy atom. The number of halogens is 2. The standard InChI is InChI=1S/C19H16F2N2O4/c1-2-26-17-9-12(11-22)3-6-16(17)27-18(24)7-8-23-19(25)14-5-4-13(20)10-15(14)21/h3-6,9-10H,2,7-8H2,1H3,(H,23,25). The molecule has 6 nitrogen and oxygen atoms in total. The maximum atomic E-state index is 13.5. The van der Waals surface area contributed by atoms with Crippen molar-refractivity contribution in [3.8, 4) is 17.6 Å². The van der Waals surface area contributed by atoms with Gasteiger partial charge in [0.2, 0.25) is 0 Å². The number of ether oxygens (including phenoxy) is 2. The summed E-state index contributed by atoms with van der Waals surface area (Å²) in [6.45, 7) is 1.96. The third-order valence-corrected chi connectivity index (χ3v) is 3.39. The van der Waals surface area contributed by atoms with Crippen molar-refractivity contribution in [2.45, 2.75) is 13.3 Å². The minimum atomic E-state index is -0.992. The van der Waals surface area contributed by atoms with Gasteiger partial charge in [0.1, 0.15) is 11.6 Å². The molecule has 0 radical (unpaired) electrons. The lowest BCUT2D eigenvalue weighted by molar-refractivity contribution is -0.134. The summed E-state index contributed by atoms with van der Waals surface area (Å²) in [5.41, 5.74) is 0.0299. The van der Waals surface area contributed by atoms with E-state index in [1.54, 1.807) is 6.92 Å². The van der Waals surface area contributed by atoms with Crippen LogP contribution in [0.2, 0.25) is 0 Å². The second-order valence-electron chi connectivity index (χ2n) is 5.31. The zero-order valence-electron chi connectivity index (χ0n) is 14.4. The Kier molecular flexibility index (Phi) is 6.83. The Hall–Kier alpha value is -3.47. The third-order valence-electron chi connectivity index (χ3n) is 3.39. The first kappa shape index (κ1) is 19.8. The van der Waals surface area contributed by atoms with Crippen LogP contribution in [0.25, 0.3) is 0 Å². The number of rotatable bonds is 7. The molecule has 0 spiro atoms. The van der Waals surface area contributed by atoms with Gasteiger partial charge in [0.05, 0.1) is 30.2 Å². The number of carbonyl (C=O) groups is 2. The Morgan fingerprint density at radius 2 is 1.93 bits per heavy atom. The normalized spacial score (nSPS) is 10.0. The summed E-state index contributed by atoms with van der Waals surface area (Å²) in [4.78, 5) is 23.8. The van der Waals surface area contributed by atoms with E-state index in [2.05, 4.69) is 5.32 Å². The smallest absolute Gasteiger partial charge is 0.313 e. The Morgan fingerprint density at radius 1 is 1.15 bits per heavy atom. The highest BCUT2D eigenvalue weighted by molar-refractivity contribution is 5.94. The number of nitrogens with zero attached hydrogens (tertiary/aromatic N) is 1. The Labute approximate surface area is 154 Å². The van der Waals surface area contributed by atoms with E-state index in [-0.39, 0.29) is 30.0 Å². The van der Waals surface area contributed by atoms with E-state index in [4.69, 9.17) is 14.7 Å². The van der Waals surface area contributed by atoms with Crippen LogP contribution in [0.3, 0.4) is 0 Å². The zero-order valence-corrected chi connectivity index (χ0v) is 14.4. The van der Waals surface area contributed by atoms with Crippen LogP contribution >= 0.6 is 0 Å². The summed E-state index contributed by atoms with van der Waals surface area (Å²) in [6, 6.07) is 8.90. The van der Waals surface area contributed by atoms with Crippen molar-refractivity contribution >= 4 is 11.9 Å². The molecular formula is C19H16F2N2O4. The van der Waals surface area contributed by atoms with Crippen molar-refractivity contribution in [1.82, 2.24) is 5.32 Å². The summed E-state index contributed by atoms with van der Waals surface area (Å²) >= 11 is 0. The average molecular weight is 374 g/mol. The van der Waals surface area contributed by atoms with E-state index in [1.165, 1.54) is 18.2 Å². The van der Waals surface area contributed by atoms with E-state index < -0.39 is 23.5 Å². The first-order chi connectivity index (χ1) is 12.9. The molecule has 0 aliphatic rings. The number of esters is 1. The molecule has 0 saturated heterocycles. The molecule has 8 heteroatoms. The van der Waals surface area contributed by atoms with Crippen LogP contribution in [-0.4, -0.2) is 25.0 Å². The third kappa shape index (κ3) is 5.51. The summed E-state index contributed by atoms with van der Waals surface area (Å²) in [5, 5.41) is 11.3. The van der Waals surface area contributed by atoms with Crippen molar-refractivity contribution in [1.29, 1.82) is 5.26 Å². The van der Waals surface area contributed by atoms with E-state index in [0.717, 1.165) is 12.1 Å². The molecule has 0 aliphatic heterocycles. The van der Waals surface area contributed by atoms with Gasteiger partial charge in [-0.15, -0.1) is 0 Å². The van der Waals surface area contributed by atoms with Crippen molar-refractivity contribution < 1.29 is 27.8 Å². The molecule has 140 valence electrons. The quantitative estimate of drug-likeness (QED) is 0.595. The molecule has 2 aromatic rings. The number of carbonyl (C=O) groups excluding carboxylic acids is 2. The van der Waals surface area contributed by atoms with Crippen molar-refractivity contribution in [2.24, 2.45) is 0 Å². The van der Waals surface area contributed by atoms with Gasteiger partial charge in [-0.1, -0.05) is 0 Å². The molecule has 27 heavy (non-hydrogen) atoms. The Bertz CT molecular complexity index is 894. The van der Waals surface area contributed by atoms with Gasteiger partial charge in [0, 0.05) is 18.7 Å². The van der Waals surface area contributed by atoms with E-state index in [1.807, 2.05) is 6.07 Å². The number of hydrogen-bond donors (Lipinski definition) is 1. The van der Waals surface area contributed by atoms with Crippen molar-refractivity contribution in [3.63, 3.8) is 0 Å². The van der Waals surface area contributed by atoms with Crippen LogP contribution in [0.4, 0.5) is 8.78 Å². The van der Waals surface area contributed by atoms with Gasteiger partial charge < -0.3 is 14.8 Å². The predicted octanol–water partition coefficient (Wildman–Crippen LogP) is 2.96. The molecular weight excluding hydrogens is 358 g/mol. The first-order valence-corrected chi connectivity index (χ1v) is 8.05. The summed E-state index contributed by atoms with van der Waals surface area (Å²) in [5.74, 6) is -2.80. The van der Waals surface area contributed by atoms with Gasteiger partial charge in [-0.25, -0.2) is 8.78 Å². The molecule has 0 atom stereocenters. The van der Waals surface area contributed by atoms with Gasteiger partial charge in [-0.05, 0) is 31.2 Å². The van der Waals surface area contributed by atoms with Crippen LogP contribution in [0.5, 0.6) is 11.5 Å². The Balaban J connectivity index is 1.91. The molecule has 0 bridgehead atoms. The monoisotopic (exact) mass is 374 g/mol. The molecule has 2 rings (SSSR count). The lowest BCUT2D eigenvalue weighted by Crippen LogP contribution is -2.28. The number of benzene rings is 2. The van der Waals surface area contributed by atoms with Crippen LogP contribution in [0.1, 0.15) is 29.3 Å². The van der Waals surface area contributed by atoms with Crippen molar-refractivity contribution in [3.05, 3.63) is 59.2 Å². The van der Waals surface area contributed by atoms with Crippen LogP contribution in [0.15, 0.2) is 36.4 Å². The molecule has 0 aromatic heterocycles. The molecule has 1 amide bonds. The molecule has 2 aromatic carbocycles. The molecule has 1 N–H and O–H groups in total. The van der Waals surface area contributed by atoms with E-state index in [0.29, 0.717) is 18.2 Å². The van der Waals surface area contributed by atoms with E-state index in [9.17, 15) is 18.4 Å². The van der Waals surface area contributed by atoms with Crippen LogP contribution in [0, 0.1) is 23.0 Å². The summed E-state index contributed by atoms with van der Waals surface area (Å²) in [7, 11) is 0. The molecule has 0 saturated carbocycles. The largest absolute Gasteiger partial charge is 0.490 e. The van der Waals surface area contributed by atoms with Gasteiger partial charge in [-0.3, -0.25) is 9.59 Å². The number of nitriles is 1. The topological polar surface area (TPSA) is 88.4 Å². The fourth-order valence-corrected chi connectivity index (χ4v) is 2.15. The average Bonchev–Trinajstić information content (AvgIpc) is 2.63. The summed E-state index contributed by atoms with van der Waals surface area (Å²) in [6.07, 6.45) is -0.180. The predicted molar refractivity (Wildman–Crippen MR) is 91.3 cm³/mol. The highest BCUT2D eigenvalue weighted by Crippen LogP contribution is 2.28. The van der Waals surface area contributed by atoms with Gasteiger partial charge >= 0.3 is 5.97 Å². The molecule has 0 fully saturated rings. The maximum absolute atomic E-state index is 13.5. The fraction of sp³-hybridized carbons (Fsp3) is 0.211. The van der Waals surface area contributed by atoms with Crippen molar-refractivity contribution in [2.75, 3.05) is 13.2 Å². The fourth-order valence-electron chi connectivity index (χ4n) is 2.15. The minimum absolute atomic E-state index is 0.102. The van der Waals surface area contributed by atoms with Gasteiger partial charge in [-0.2, -0.15) is 5.26 Å². The second-order valence-corrected chi connectivity index (χ2v) is 5.31. The lowest BCUT2D eigenvalue weighted by atomic mass is 10.2. The zero-order chi connectivity index (χ0) is 19.8. The lowest BCUT2D eigenvalue weighted by Gasteiger charge is -2.11. The molecule has 0 unspecified atom stereocenters. The molecule has 0 aliphatic carbocycles. The van der Waals surface area contributed by atoms with E-state index >= 15 is 0 Å². The van der Waals surface area contributed by atoms with Gasteiger partial charge in [0.25, 0.3) is 5.91 Å². The summed E-state index contributed by atoms with van der Waals surface area (Å²) < 4.78 is 36.9. The first-order valence-electron chi connectivity index (χ1n) is 8.05. The number of amides is 1. The second kappa shape index (κ2) is 9.29. The van der Waals surface area contributed by atoms with Gasteiger partial charge in [0.15, 0.2) is 11.5 Å². The minimum Gasteiger partial charge on any atom is -0.490 e. The highest BCUT2D eigenvalue weighted by atomic mass is 19.1. The molecule has 0 heterocycles. The number of hydrogen-bond acceptors (Lipinski definition) is 5. The van der Waals surface area contributed by atoms with Crippen LogP contribution in [-0.2, 0) is 4.79 Å². The SMILES string of the molecule is CCOc1cc(C#N)ccc1OC(=O)CCNC(=O)c1ccc(F)cc1F.